The van der Waals surface area contributed by atoms with E-state index in [0.29, 0.717) is 6.54 Å². The second-order valence-corrected chi connectivity index (χ2v) is 3.85. The topological polar surface area (TPSA) is 43.8 Å². The molecular weight excluding hydrogens is 230 g/mol. The summed E-state index contributed by atoms with van der Waals surface area (Å²) in [6.45, 7) is 0.485. The van der Waals surface area contributed by atoms with Crippen LogP contribution in [0.2, 0.25) is 0 Å². The molecule has 1 aromatic carbocycles. The zero-order chi connectivity index (χ0) is 9.42. The molecule has 0 atom stereocenters. The summed E-state index contributed by atoms with van der Waals surface area (Å²) in [5.41, 5.74) is 7.64. The lowest BCUT2D eigenvalue weighted by Gasteiger charge is -1.94. The van der Waals surface area contributed by atoms with Gasteiger partial charge in [-0.3, -0.25) is 4.68 Å². The number of hydrogen-bond donors (Lipinski definition) is 1. The minimum Gasteiger partial charge on any atom is -0.325 e. The minimum absolute atomic E-state index is 0.485. The monoisotopic (exact) mass is 239 g/mol. The van der Waals surface area contributed by atoms with Crippen LogP contribution >= 0.6 is 15.9 Å². The third kappa shape index (κ3) is 1.36. The first-order valence-electron chi connectivity index (χ1n) is 4.03. The summed E-state index contributed by atoms with van der Waals surface area (Å²) in [6, 6.07) is 6.08. The summed E-state index contributed by atoms with van der Waals surface area (Å²) in [5, 5.41) is 5.45. The summed E-state index contributed by atoms with van der Waals surface area (Å²) >= 11 is 3.43. The maximum Gasteiger partial charge on any atom is 0.0838 e. The van der Waals surface area contributed by atoms with Crippen molar-refractivity contribution < 1.29 is 0 Å². The summed E-state index contributed by atoms with van der Waals surface area (Å²) in [4.78, 5) is 0. The van der Waals surface area contributed by atoms with E-state index in [9.17, 15) is 0 Å². The van der Waals surface area contributed by atoms with E-state index in [-0.39, 0.29) is 0 Å². The Kier molecular flexibility index (Phi) is 2.09. The number of aryl methyl sites for hydroxylation is 1. The molecule has 0 aliphatic heterocycles. The second-order valence-electron chi connectivity index (χ2n) is 2.94. The molecule has 1 aromatic heterocycles. The molecule has 3 nitrogen and oxygen atoms in total. The molecule has 68 valence electrons. The Balaban J connectivity index is 2.80. The Labute approximate surface area is 84.7 Å². The SMILES string of the molecule is Cn1nc(CN)c2ccc(Br)cc21. The molecule has 2 aromatic rings. The van der Waals surface area contributed by atoms with Gasteiger partial charge in [-0.2, -0.15) is 5.10 Å². The maximum absolute atomic E-state index is 5.58. The number of fused-ring (bicyclic) bond motifs is 1. The largest absolute Gasteiger partial charge is 0.325 e. The molecule has 2 N–H and O–H groups in total. The Morgan fingerprint density at radius 1 is 1.54 bits per heavy atom. The number of nitrogens with zero attached hydrogens (tertiary/aromatic N) is 2. The van der Waals surface area contributed by atoms with Crippen molar-refractivity contribution in [2.45, 2.75) is 6.54 Å². The molecule has 0 bridgehead atoms. The molecule has 0 aliphatic carbocycles. The zero-order valence-corrected chi connectivity index (χ0v) is 8.87. The van der Waals surface area contributed by atoms with E-state index < -0.39 is 0 Å². The van der Waals surface area contributed by atoms with Crippen LogP contribution in [0.25, 0.3) is 10.9 Å². The van der Waals surface area contributed by atoms with Gasteiger partial charge in [-0.15, -0.1) is 0 Å². The first-order chi connectivity index (χ1) is 6.22. The van der Waals surface area contributed by atoms with E-state index in [1.165, 1.54) is 0 Å². The van der Waals surface area contributed by atoms with Crippen molar-refractivity contribution in [2.24, 2.45) is 12.8 Å². The highest BCUT2D eigenvalue weighted by Crippen LogP contribution is 2.21. The van der Waals surface area contributed by atoms with Crippen LogP contribution in [-0.2, 0) is 13.6 Å². The highest BCUT2D eigenvalue weighted by atomic mass is 79.9. The van der Waals surface area contributed by atoms with E-state index in [1.807, 2.05) is 29.9 Å². The van der Waals surface area contributed by atoms with Gasteiger partial charge in [-0.25, -0.2) is 0 Å². The van der Waals surface area contributed by atoms with Crippen molar-refractivity contribution >= 4 is 26.8 Å². The van der Waals surface area contributed by atoms with Crippen LogP contribution in [0.1, 0.15) is 5.69 Å². The Hall–Kier alpha value is -0.870. The quantitative estimate of drug-likeness (QED) is 0.825. The maximum atomic E-state index is 5.58. The predicted octanol–water partition coefficient (Wildman–Crippen LogP) is 1.79. The van der Waals surface area contributed by atoms with Crippen molar-refractivity contribution in [3.8, 4) is 0 Å². The average molecular weight is 240 g/mol. The lowest BCUT2D eigenvalue weighted by molar-refractivity contribution is 0.765. The number of benzene rings is 1. The van der Waals surface area contributed by atoms with Gasteiger partial charge in [-0.1, -0.05) is 15.9 Å². The molecule has 0 amide bonds. The van der Waals surface area contributed by atoms with Gasteiger partial charge in [0.2, 0.25) is 0 Å². The van der Waals surface area contributed by atoms with Gasteiger partial charge in [0.15, 0.2) is 0 Å². The Morgan fingerprint density at radius 3 is 3.00 bits per heavy atom. The first-order valence-corrected chi connectivity index (χ1v) is 4.83. The van der Waals surface area contributed by atoms with E-state index in [1.54, 1.807) is 0 Å². The normalized spacial score (nSPS) is 11.0. The number of hydrogen-bond acceptors (Lipinski definition) is 2. The smallest absolute Gasteiger partial charge is 0.0838 e. The van der Waals surface area contributed by atoms with Gasteiger partial charge in [0.25, 0.3) is 0 Å². The standard InChI is InChI=1S/C9H10BrN3/c1-13-9-4-6(10)2-3-7(9)8(5-11)12-13/h2-4H,5,11H2,1H3. The van der Waals surface area contributed by atoms with Crippen LogP contribution in [0, 0.1) is 0 Å². The lowest BCUT2D eigenvalue weighted by atomic mass is 10.2. The first kappa shape index (κ1) is 8.72. The molecule has 0 aliphatic rings. The van der Waals surface area contributed by atoms with E-state index in [4.69, 9.17) is 5.73 Å². The predicted molar refractivity (Wildman–Crippen MR) is 56.3 cm³/mol. The highest BCUT2D eigenvalue weighted by molar-refractivity contribution is 9.10. The van der Waals surface area contributed by atoms with Crippen molar-refractivity contribution in [3.05, 3.63) is 28.4 Å². The molecule has 0 fully saturated rings. The number of nitrogens with two attached hydrogens (primary N) is 1. The second kappa shape index (κ2) is 3.12. The third-order valence-corrected chi connectivity index (χ3v) is 2.58. The summed E-state index contributed by atoms with van der Waals surface area (Å²) in [7, 11) is 1.92. The van der Waals surface area contributed by atoms with E-state index >= 15 is 0 Å². The van der Waals surface area contributed by atoms with Gasteiger partial charge in [0.1, 0.15) is 0 Å². The summed E-state index contributed by atoms with van der Waals surface area (Å²) < 4.78 is 2.91. The number of rotatable bonds is 1. The van der Waals surface area contributed by atoms with Gasteiger partial charge in [0, 0.05) is 23.5 Å². The van der Waals surface area contributed by atoms with Crippen LogP contribution in [0.3, 0.4) is 0 Å². The summed E-state index contributed by atoms with van der Waals surface area (Å²) in [5.74, 6) is 0. The molecule has 0 radical (unpaired) electrons. The van der Waals surface area contributed by atoms with Gasteiger partial charge < -0.3 is 5.73 Å². The minimum atomic E-state index is 0.485. The van der Waals surface area contributed by atoms with Gasteiger partial charge in [0.05, 0.1) is 11.2 Å². The molecule has 4 heteroatoms. The Bertz CT molecular complexity index is 447. The number of halogens is 1. The van der Waals surface area contributed by atoms with Crippen LogP contribution in [0.5, 0.6) is 0 Å². The zero-order valence-electron chi connectivity index (χ0n) is 7.29. The molecule has 1 heterocycles. The van der Waals surface area contributed by atoms with Gasteiger partial charge >= 0.3 is 0 Å². The van der Waals surface area contributed by atoms with Crippen molar-refractivity contribution in [1.82, 2.24) is 9.78 Å². The molecule has 0 saturated heterocycles. The fourth-order valence-corrected chi connectivity index (χ4v) is 1.81. The number of aromatic nitrogens is 2. The fourth-order valence-electron chi connectivity index (χ4n) is 1.46. The van der Waals surface area contributed by atoms with Crippen LogP contribution in [0.4, 0.5) is 0 Å². The fraction of sp³-hybridized carbons (Fsp3) is 0.222. The molecule has 2 rings (SSSR count). The third-order valence-electron chi connectivity index (χ3n) is 2.08. The molecule has 13 heavy (non-hydrogen) atoms. The highest BCUT2D eigenvalue weighted by Gasteiger charge is 2.06. The van der Waals surface area contributed by atoms with Crippen LogP contribution < -0.4 is 5.73 Å². The summed E-state index contributed by atoms with van der Waals surface area (Å²) in [6.07, 6.45) is 0. The van der Waals surface area contributed by atoms with Gasteiger partial charge in [-0.05, 0) is 18.2 Å². The lowest BCUT2D eigenvalue weighted by Crippen LogP contribution is -1.98. The van der Waals surface area contributed by atoms with E-state index in [2.05, 4.69) is 21.0 Å². The average Bonchev–Trinajstić information content (AvgIpc) is 2.43. The molecule has 0 spiro atoms. The van der Waals surface area contributed by atoms with Crippen molar-refractivity contribution in [1.29, 1.82) is 0 Å². The Morgan fingerprint density at radius 2 is 2.31 bits per heavy atom. The van der Waals surface area contributed by atoms with Crippen LogP contribution in [-0.4, -0.2) is 9.78 Å². The van der Waals surface area contributed by atoms with Crippen LogP contribution in [0.15, 0.2) is 22.7 Å². The molecule has 0 saturated carbocycles. The van der Waals surface area contributed by atoms with Crippen molar-refractivity contribution in [3.63, 3.8) is 0 Å². The van der Waals surface area contributed by atoms with Crippen molar-refractivity contribution in [2.75, 3.05) is 0 Å². The molecule has 0 unspecified atom stereocenters. The molecular formula is C9H10BrN3. The van der Waals surface area contributed by atoms with E-state index in [0.717, 1.165) is 21.1 Å².